The van der Waals surface area contributed by atoms with Crippen molar-refractivity contribution in [3.05, 3.63) is 46.8 Å². The van der Waals surface area contributed by atoms with Crippen molar-refractivity contribution in [2.75, 3.05) is 0 Å². The Morgan fingerprint density at radius 2 is 2.06 bits per heavy atom. The Balaban J connectivity index is 2.63. The van der Waals surface area contributed by atoms with Gasteiger partial charge in [-0.15, -0.1) is 0 Å². The molecule has 0 amide bonds. The van der Waals surface area contributed by atoms with Crippen molar-refractivity contribution in [3.8, 4) is 5.69 Å². The number of aromatic nitrogens is 2. The average Bonchev–Trinajstić information content (AvgIpc) is 2.76. The second-order valence-corrected chi connectivity index (χ2v) is 4.38. The molecule has 0 aliphatic rings. The molecule has 0 unspecified atom stereocenters. The summed E-state index contributed by atoms with van der Waals surface area (Å²) < 4.78 is 1.90. The van der Waals surface area contributed by atoms with Gasteiger partial charge < -0.3 is 0 Å². The van der Waals surface area contributed by atoms with E-state index in [1.807, 2.05) is 23.7 Å². The van der Waals surface area contributed by atoms with E-state index >= 15 is 0 Å². The number of rotatable bonds is 4. The first-order chi connectivity index (χ1) is 8.71. The molecule has 94 valence electrons. The van der Waals surface area contributed by atoms with Crippen molar-refractivity contribution in [1.29, 1.82) is 0 Å². The highest BCUT2D eigenvalue weighted by atomic mass is 16.1. The van der Waals surface area contributed by atoms with Crippen molar-refractivity contribution < 1.29 is 4.79 Å². The highest BCUT2D eigenvalue weighted by Crippen LogP contribution is 2.19. The van der Waals surface area contributed by atoms with Gasteiger partial charge in [0.2, 0.25) is 0 Å². The van der Waals surface area contributed by atoms with Gasteiger partial charge >= 0.3 is 0 Å². The molecule has 1 aromatic carbocycles. The second kappa shape index (κ2) is 5.17. The van der Waals surface area contributed by atoms with Gasteiger partial charge in [0.1, 0.15) is 0 Å². The van der Waals surface area contributed by atoms with E-state index in [1.54, 1.807) is 0 Å². The molecule has 1 aromatic heterocycles. The van der Waals surface area contributed by atoms with Crippen molar-refractivity contribution in [3.63, 3.8) is 0 Å². The predicted octanol–water partition coefficient (Wildman–Crippen LogP) is 3.12. The number of hydrogen-bond donors (Lipinski definition) is 0. The molecule has 0 fully saturated rings. The molecule has 0 aliphatic heterocycles. The summed E-state index contributed by atoms with van der Waals surface area (Å²) >= 11 is 0. The number of aldehydes is 1. The Hall–Kier alpha value is -1.90. The zero-order valence-corrected chi connectivity index (χ0v) is 11.1. The molecule has 2 rings (SSSR count). The minimum atomic E-state index is 0.751. The Morgan fingerprint density at radius 3 is 2.61 bits per heavy atom. The summed E-state index contributed by atoms with van der Waals surface area (Å²) in [7, 11) is 0. The van der Waals surface area contributed by atoms with Crippen LogP contribution < -0.4 is 0 Å². The van der Waals surface area contributed by atoms with Crippen LogP contribution in [0.5, 0.6) is 0 Å². The first-order valence-corrected chi connectivity index (χ1v) is 6.34. The first-order valence-electron chi connectivity index (χ1n) is 6.34. The lowest BCUT2D eigenvalue weighted by Crippen LogP contribution is -2.02. The first kappa shape index (κ1) is 12.6. The van der Waals surface area contributed by atoms with Crippen molar-refractivity contribution >= 4 is 6.29 Å². The lowest BCUT2D eigenvalue weighted by Gasteiger charge is -2.06. The zero-order valence-electron chi connectivity index (χ0n) is 11.1. The molecule has 0 radical (unpaired) electrons. The van der Waals surface area contributed by atoms with Crippen molar-refractivity contribution in [2.24, 2.45) is 0 Å². The van der Waals surface area contributed by atoms with Crippen LogP contribution in [0.15, 0.2) is 24.3 Å². The summed E-state index contributed by atoms with van der Waals surface area (Å²) in [5.41, 5.74) is 4.84. The van der Waals surface area contributed by atoms with E-state index in [0.29, 0.717) is 0 Å². The Morgan fingerprint density at radius 1 is 1.28 bits per heavy atom. The van der Waals surface area contributed by atoms with Gasteiger partial charge in [0, 0.05) is 0 Å². The number of hydrogen-bond acceptors (Lipinski definition) is 2. The van der Waals surface area contributed by atoms with E-state index in [1.165, 1.54) is 5.56 Å². The van der Waals surface area contributed by atoms with Crippen LogP contribution in [0.25, 0.3) is 5.69 Å². The molecule has 0 saturated carbocycles. The second-order valence-electron chi connectivity index (χ2n) is 4.38. The van der Waals surface area contributed by atoms with Crippen LogP contribution in [0.3, 0.4) is 0 Å². The molecule has 0 N–H and O–H groups in total. The van der Waals surface area contributed by atoms with E-state index in [2.05, 4.69) is 31.1 Å². The molecular formula is C15H18N2O. The van der Waals surface area contributed by atoms with E-state index in [4.69, 9.17) is 0 Å². The molecule has 1 heterocycles. The van der Waals surface area contributed by atoms with Crippen LogP contribution in [0.1, 0.15) is 41.2 Å². The van der Waals surface area contributed by atoms with Gasteiger partial charge in [-0.2, -0.15) is 5.10 Å². The lowest BCUT2D eigenvalue weighted by molar-refractivity contribution is 0.112. The fraction of sp³-hybridized carbons (Fsp3) is 0.333. The van der Waals surface area contributed by atoms with E-state index in [0.717, 1.165) is 41.8 Å². The average molecular weight is 242 g/mol. The highest BCUT2D eigenvalue weighted by molar-refractivity contribution is 5.78. The molecule has 0 aliphatic carbocycles. The van der Waals surface area contributed by atoms with Crippen LogP contribution in [0.2, 0.25) is 0 Å². The summed E-state index contributed by atoms with van der Waals surface area (Å²) in [5, 5.41) is 4.57. The Bertz CT molecular complexity index is 570. The standard InChI is InChI=1S/C15H18N2O/c1-4-14-13(10-18)15(5-2)17(16-14)12-8-6-7-11(3)9-12/h6-10H,4-5H2,1-3H3. The summed E-state index contributed by atoms with van der Waals surface area (Å²) in [6.45, 7) is 6.13. The Kier molecular flexibility index (Phi) is 3.60. The number of carbonyl (C=O) groups excluding carboxylic acids is 1. The molecule has 0 bridgehead atoms. The highest BCUT2D eigenvalue weighted by Gasteiger charge is 2.15. The maximum atomic E-state index is 11.2. The molecular weight excluding hydrogens is 224 g/mol. The predicted molar refractivity (Wildman–Crippen MR) is 72.4 cm³/mol. The number of carbonyl (C=O) groups is 1. The molecule has 0 saturated heterocycles. The van der Waals surface area contributed by atoms with Gasteiger partial charge in [0.25, 0.3) is 0 Å². The fourth-order valence-electron chi connectivity index (χ4n) is 2.23. The Labute approximate surface area is 107 Å². The van der Waals surface area contributed by atoms with Gasteiger partial charge in [-0.05, 0) is 37.5 Å². The maximum Gasteiger partial charge on any atom is 0.153 e. The van der Waals surface area contributed by atoms with Gasteiger partial charge in [-0.3, -0.25) is 4.79 Å². The molecule has 18 heavy (non-hydrogen) atoms. The molecule has 2 aromatic rings. The van der Waals surface area contributed by atoms with Crippen molar-refractivity contribution in [1.82, 2.24) is 9.78 Å². The molecule has 0 atom stereocenters. The number of benzene rings is 1. The zero-order chi connectivity index (χ0) is 13.1. The summed E-state index contributed by atoms with van der Waals surface area (Å²) in [6.07, 6.45) is 2.51. The minimum absolute atomic E-state index is 0.751. The third-order valence-electron chi connectivity index (χ3n) is 3.13. The molecule has 0 spiro atoms. The largest absolute Gasteiger partial charge is 0.298 e. The quantitative estimate of drug-likeness (QED) is 0.772. The van der Waals surface area contributed by atoms with Gasteiger partial charge in [0.05, 0.1) is 22.6 Å². The van der Waals surface area contributed by atoms with Gasteiger partial charge in [-0.1, -0.05) is 26.0 Å². The SMILES string of the molecule is CCc1nn(-c2cccc(C)c2)c(CC)c1C=O. The van der Waals surface area contributed by atoms with Gasteiger partial charge in [-0.25, -0.2) is 4.68 Å². The molecule has 3 heteroatoms. The third kappa shape index (κ3) is 2.08. The monoisotopic (exact) mass is 242 g/mol. The van der Waals surface area contributed by atoms with Crippen molar-refractivity contribution in [2.45, 2.75) is 33.6 Å². The van der Waals surface area contributed by atoms with Crippen LogP contribution in [0.4, 0.5) is 0 Å². The van der Waals surface area contributed by atoms with Crippen LogP contribution in [-0.2, 0) is 12.8 Å². The molecule has 3 nitrogen and oxygen atoms in total. The topological polar surface area (TPSA) is 34.9 Å². The smallest absolute Gasteiger partial charge is 0.153 e. The van der Waals surface area contributed by atoms with E-state index < -0.39 is 0 Å². The lowest BCUT2D eigenvalue weighted by atomic mass is 10.1. The van der Waals surface area contributed by atoms with Crippen LogP contribution >= 0.6 is 0 Å². The summed E-state index contributed by atoms with van der Waals surface area (Å²) in [4.78, 5) is 11.2. The maximum absolute atomic E-state index is 11.2. The fourth-order valence-corrected chi connectivity index (χ4v) is 2.23. The van der Waals surface area contributed by atoms with Crippen LogP contribution in [0, 0.1) is 6.92 Å². The van der Waals surface area contributed by atoms with E-state index in [9.17, 15) is 4.79 Å². The van der Waals surface area contributed by atoms with Crippen LogP contribution in [-0.4, -0.2) is 16.1 Å². The normalized spacial score (nSPS) is 10.6. The minimum Gasteiger partial charge on any atom is -0.298 e. The van der Waals surface area contributed by atoms with Gasteiger partial charge in [0.15, 0.2) is 6.29 Å². The third-order valence-corrected chi connectivity index (χ3v) is 3.13. The number of aryl methyl sites for hydroxylation is 2. The summed E-state index contributed by atoms with van der Waals surface area (Å²) in [6, 6.07) is 8.17. The van der Waals surface area contributed by atoms with E-state index in [-0.39, 0.29) is 0 Å². The number of nitrogens with zero attached hydrogens (tertiary/aromatic N) is 2. The summed E-state index contributed by atoms with van der Waals surface area (Å²) in [5.74, 6) is 0.